The first-order valence-corrected chi connectivity index (χ1v) is 5.52. The molecule has 0 saturated carbocycles. The molecule has 100 valence electrons. The largest absolute Gasteiger partial charge is 0.481 e. The second-order valence-corrected chi connectivity index (χ2v) is 4.06. The zero-order valence-electron chi connectivity index (χ0n) is 10.7. The number of hydrogen-bond acceptors (Lipinski definition) is 5. The Balaban J connectivity index is 2.62. The van der Waals surface area contributed by atoms with Crippen molar-refractivity contribution in [2.24, 2.45) is 0 Å². The first-order valence-electron chi connectivity index (χ1n) is 5.52. The summed E-state index contributed by atoms with van der Waals surface area (Å²) in [5.74, 6) is -0.160. The van der Waals surface area contributed by atoms with Gasteiger partial charge in [0.1, 0.15) is 17.1 Å². The summed E-state index contributed by atoms with van der Waals surface area (Å²) in [6.07, 6.45) is 0.0695. The molecule has 1 rings (SSSR count). The molecule has 18 heavy (non-hydrogen) atoms. The van der Waals surface area contributed by atoms with Crippen molar-refractivity contribution in [3.63, 3.8) is 0 Å². The van der Waals surface area contributed by atoms with Crippen molar-refractivity contribution >= 4 is 11.9 Å². The van der Waals surface area contributed by atoms with Gasteiger partial charge in [-0.15, -0.1) is 0 Å². The Labute approximate surface area is 105 Å². The van der Waals surface area contributed by atoms with Crippen LogP contribution in [0.15, 0.2) is 10.5 Å². The Morgan fingerprint density at radius 1 is 1.50 bits per heavy atom. The lowest BCUT2D eigenvalue weighted by Gasteiger charge is -2.12. The number of ether oxygens (including phenoxy) is 1. The number of aliphatic carboxylic acids is 1. The van der Waals surface area contributed by atoms with Crippen molar-refractivity contribution in [1.29, 1.82) is 0 Å². The molecule has 1 heterocycles. The van der Waals surface area contributed by atoms with E-state index in [2.05, 4.69) is 4.74 Å². The highest BCUT2D eigenvalue weighted by Crippen LogP contribution is 2.16. The van der Waals surface area contributed by atoms with E-state index in [9.17, 15) is 9.59 Å². The number of carboxylic acids is 1. The summed E-state index contributed by atoms with van der Waals surface area (Å²) in [6.45, 7) is 2.56. The highest BCUT2D eigenvalue weighted by molar-refractivity contribution is 5.90. The molecular weight excluding hydrogens is 238 g/mol. The molecule has 0 bridgehead atoms. The van der Waals surface area contributed by atoms with Crippen molar-refractivity contribution in [3.05, 3.63) is 23.2 Å². The highest BCUT2D eigenvalue weighted by Gasteiger charge is 2.16. The zero-order chi connectivity index (χ0) is 13.7. The van der Waals surface area contributed by atoms with Crippen LogP contribution >= 0.6 is 0 Å². The van der Waals surface area contributed by atoms with Crippen LogP contribution in [-0.4, -0.2) is 42.6 Å². The maximum absolute atomic E-state index is 11.4. The van der Waals surface area contributed by atoms with Crippen LogP contribution in [0.4, 0.5) is 0 Å². The molecule has 1 aromatic heterocycles. The van der Waals surface area contributed by atoms with E-state index in [-0.39, 0.29) is 6.42 Å². The Morgan fingerprint density at radius 3 is 2.72 bits per heavy atom. The van der Waals surface area contributed by atoms with E-state index in [1.807, 2.05) is 4.90 Å². The van der Waals surface area contributed by atoms with Gasteiger partial charge in [-0.25, -0.2) is 4.79 Å². The minimum absolute atomic E-state index is 0.0695. The number of carbonyl (C=O) groups excluding carboxylic acids is 1. The Bertz CT molecular complexity index is 438. The van der Waals surface area contributed by atoms with Gasteiger partial charge in [-0.1, -0.05) is 0 Å². The summed E-state index contributed by atoms with van der Waals surface area (Å²) in [6, 6.07) is 1.62. The van der Waals surface area contributed by atoms with E-state index >= 15 is 0 Å². The molecule has 1 aromatic rings. The van der Waals surface area contributed by atoms with Crippen molar-refractivity contribution in [2.75, 3.05) is 20.7 Å². The molecule has 0 aromatic carbocycles. The third kappa shape index (κ3) is 3.89. The number of nitrogens with zero attached hydrogens (tertiary/aromatic N) is 1. The molecule has 0 spiro atoms. The molecule has 1 N–H and O–H groups in total. The number of esters is 1. The first-order chi connectivity index (χ1) is 8.43. The number of methoxy groups -OCH3 is 1. The molecule has 0 saturated heterocycles. The normalized spacial score (nSPS) is 10.7. The molecule has 0 radical (unpaired) electrons. The fourth-order valence-corrected chi connectivity index (χ4v) is 1.57. The van der Waals surface area contributed by atoms with Gasteiger partial charge >= 0.3 is 11.9 Å². The molecule has 0 aliphatic rings. The summed E-state index contributed by atoms with van der Waals surface area (Å²) < 4.78 is 10.0. The van der Waals surface area contributed by atoms with Crippen LogP contribution < -0.4 is 0 Å². The topological polar surface area (TPSA) is 80.0 Å². The van der Waals surface area contributed by atoms with E-state index in [1.165, 1.54) is 7.11 Å². The third-order valence-electron chi connectivity index (χ3n) is 2.51. The van der Waals surface area contributed by atoms with Gasteiger partial charge < -0.3 is 14.3 Å². The van der Waals surface area contributed by atoms with Crippen molar-refractivity contribution in [1.82, 2.24) is 4.90 Å². The zero-order valence-corrected chi connectivity index (χ0v) is 10.7. The summed E-state index contributed by atoms with van der Waals surface area (Å²) in [7, 11) is 3.10. The Hall–Kier alpha value is -1.82. The predicted molar refractivity (Wildman–Crippen MR) is 63.4 cm³/mol. The van der Waals surface area contributed by atoms with Crippen LogP contribution in [0.5, 0.6) is 0 Å². The minimum Gasteiger partial charge on any atom is -0.481 e. The molecular formula is C12H17NO5. The van der Waals surface area contributed by atoms with Gasteiger partial charge in [-0.3, -0.25) is 9.69 Å². The molecule has 0 aliphatic heterocycles. The van der Waals surface area contributed by atoms with Crippen LogP contribution in [0, 0.1) is 6.92 Å². The first kappa shape index (κ1) is 14.2. The summed E-state index contributed by atoms with van der Waals surface area (Å²) in [5, 5.41) is 8.57. The number of carboxylic acid groups (broad SMARTS) is 1. The SMILES string of the molecule is COC(=O)c1cc(CN(C)CCC(=O)O)oc1C. The quantitative estimate of drug-likeness (QED) is 0.771. The molecule has 6 nitrogen and oxygen atoms in total. The van der Waals surface area contributed by atoms with Gasteiger partial charge in [0.25, 0.3) is 0 Å². The molecule has 0 aliphatic carbocycles. The lowest BCUT2D eigenvalue weighted by Crippen LogP contribution is -2.21. The fraction of sp³-hybridized carbons (Fsp3) is 0.500. The minimum atomic E-state index is -0.840. The van der Waals surface area contributed by atoms with Gasteiger partial charge in [0.05, 0.1) is 20.1 Å². The van der Waals surface area contributed by atoms with Gasteiger partial charge in [0.15, 0.2) is 0 Å². The van der Waals surface area contributed by atoms with E-state index < -0.39 is 11.9 Å². The number of rotatable bonds is 6. The third-order valence-corrected chi connectivity index (χ3v) is 2.51. The average molecular weight is 255 g/mol. The smallest absolute Gasteiger partial charge is 0.341 e. The molecule has 0 fully saturated rings. The van der Waals surface area contributed by atoms with Crippen molar-refractivity contribution < 1.29 is 23.8 Å². The lowest BCUT2D eigenvalue weighted by atomic mass is 10.2. The second-order valence-electron chi connectivity index (χ2n) is 4.06. The predicted octanol–water partition coefficient (Wildman–Crippen LogP) is 1.28. The van der Waals surface area contributed by atoms with E-state index in [0.29, 0.717) is 30.2 Å². The van der Waals surface area contributed by atoms with E-state index in [1.54, 1.807) is 20.0 Å². The van der Waals surface area contributed by atoms with E-state index in [4.69, 9.17) is 9.52 Å². The van der Waals surface area contributed by atoms with Gasteiger partial charge in [0, 0.05) is 6.54 Å². The maximum atomic E-state index is 11.4. The monoisotopic (exact) mass is 255 g/mol. The van der Waals surface area contributed by atoms with Crippen molar-refractivity contribution in [2.45, 2.75) is 19.9 Å². The number of aryl methyl sites for hydroxylation is 1. The van der Waals surface area contributed by atoms with Crippen molar-refractivity contribution in [3.8, 4) is 0 Å². The lowest BCUT2D eigenvalue weighted by molar-refractivity contribution is -0.137. The van der Waals surface area contributed by atoms with Crippen LogP contribution in [0.3, 0.4) is 0 Å². The number of hydrogen-bond donors (Lipinski definition) is 1. The van der Waals surface area contributed by atoms with Crippen LogP contribution in [0.25, 0.3) is 0 Å². The second kappa shape index (κ2) is 6.20. The summed E-state index contributed by atoms with van der Waals surface area (Å²) in [5.41, 5.74) is 0.402. The van der Waals surface area contributed by atoms with Crippen LogP contribution in [0.2, 0.25) is 0 Å². The van der Waals surface area contributed by atoms with Gasteiger partial charge in [-0.2, -0.15) is 0 Å². The molecule has 0 amide bonds. The number of carbonyl (C=O) groups is 2. The van der Waals surface area contributed by atoms with Crippen LogP contribution in [0.1, 0.15) is 28.3 Å². The average Bonchev–Trinajstić information content (AvgIpc) is 2.66. The van der Waals surface area contributed by atoms with E-state index in [0.717, 1.165) is 0 Å². The molecule has 0 atom stereocenters. The Morgan fingerprint density at radius 2 is 2.17 bits per heavy atom. The summed E-state index contributed by atoms with van der Waals surface area (Å²) >= 11 is 0. The summed E-state index contributed by atoms with van der Waals surface area (Å²) in [4.78, 5) is 23.6. The van der Waals surface area contributed by atoms with Gasteiger partial charge in [0.2, 0.25) is 0 Å². The molecule has 6 heteroatoms. The Kier molecular flexibility index (Phi) is 4.91. The highest BCUT2D eigenvalue weighted by atomic mass is 16.5. The number of furan rings is 1. The maximum Gasteiger partial charge on any atom is 0.341 e. The fourth-order valence-electron chi connectivity index (χ4n) is 1.57. The van der Waals surface area contributed by atoms with Gasteiger partial charge in [-0.05, 0) is 20.0 Å². The standard InChI is InChI=1S/C12H17NO5/c1-8-10(12(16)17-3)6-9(18-8)7-13(2)5-4-11(14)15/h6H,4-5,7H2,1-3H3,(H,14,15). The van der Waals surface area contributed by atoms with Crippen LogP contribution in [-0.2, 0) is 16.1 Å². The molecule has 0 unspecified atom stereocenters.